The summed E-state index contributed by atoms with van der Waals surface area (Å²) in [5, 5.41) is 4.69. The molecule has 0 N–H and O–H groups in total. The predicted octanol–water partition coefficient (Wildman–Crippen LogP) is 3.40. The zero-order valence-corrected chi connectivity index (χ0v) is 11.4. The highest BCUT2D eigenvalue weighted by molar-refractivity contribution is 6.37. The molecule has 0 saturated heterocycles. The minimum absolute atomic E-state index is 0.0268. The molecule has 2 aromatic heterocycles. The van der Waals surface area contributed by atoms with Crippen molar-refractivity contribution in [1.29, 1.82) is 0 Å². The van der Waals surface area contributed by atoms with Gasteiger partial charge in [0.25, 0.3) is 0 Å². The first-order valence-electron chi connectivity index (χ1n) is 5.40. The quantitative estimate of drug-likeness (QED) is 0.811. The third-order valence-corrected chi connectivity index (χ3v) is 3.01. The predicted molar refractivity (Wildman–Crippen MR) is 70.3 cm³/mol. The van der Waals surface area contributed by atoms with Gasteiger partial charge in [0.05, 0.1) is 16.2 Å². The van der Waals surface area contributed by atoms with Gasteiger partial charge in [-0.15, -0.1) is 0 Å². The van der Waals surface area contributed by atoms with Crippen LogP contribution in [0, 0.1) is 0 Å². The lowest BCUT2D eigenvalue weighted by atomic mass is 10.2. The van der Waals surface area contributed by atoms with Crippen LogP contribution in [-0.4, -0.2) is 20.5 Å². The van der Waals surface area contributed by atoms with Crippen LogP contribution in [0.3, 0.4) is 0 Å². The molecule has 0 aromatic carbocycles. The summed E-state index contributed by atoms with van der Waals surface area (Å²) in [5.41, 5.74) is 0.496. The second-order valence-corrected chi connectivity index (χ2v) is 4.86. The smallest absolute Gasteiger partial charge is 0.232 e. The van der Waals surface area contributed by atoms with Crippen LogP contribution in [0.5, 0.6) is 0 Å². The number of carbonyl (C=O) groups is 1. The fourth-order valence-corrected chi connectivity index (χ4v) is 2.03. The number of ketones is 1. The van der Waals surface area contributed by atoms with Crippen LogP contribution in [0.25, 0.3) is 0 Å². The molecule has 0 atom stereocenters. The summed E-state index contributed by atoms with van der Waals surface area (Å²) in [6.45, 7) is 3.83. The van der Waals surface area contributed by atoms with Gasteiger partial charge in [0, 0.05) is 12.2 Å². The molecule has 0 fully saturated rings. The normalized spacial score (nSPS) is 10.9. The number of carbonyl (C=O) groups excluding carboxylic acids is 1. The van der Waals surface area contributed by atoms with Gasteiger partial charge in [0.15, 0.2) is 0 Å². The summed E-state index contributed by atoms with van der Waals surface area (Å²) in [6.07, 6.45) is 2.97. The molecule has 0 spiro atoms. The van der Waals surface area contributed by atoms with E-state index in [1.165, 1.54) is 12.4 Å². The fraction of sp³-hybridized carbons (Fsp3) is 0.250. The average molecular weight is 284 g/mol. The van der Waals surface area contributed by atoms with E-state index < -0.39 is 0 Å². The average Bonchev–Trinajstić information content (AvgIpc) is 2.71. The van der Waals surface area contributed by atoms with Crippen molar-refractivity contribution >= 4 is 29.0 Å². The lowest BCUT2D eigenvalue weighted by molar-refractivity contribution is 0.102. The molecule has 4 nitrogen and oxygen atoms in total. The number of hydrogen-bond acceptors (Lipinski definition) is 3. The van der Waals surface area contributed by atoms with Crippen molar-refractivity contribution in [3.05, 3.63) is 46.0 Å². The molecule has 0 aliphatic rings. The molecular formula is C12H11Cl2N3O. The van der Waals surface area contributed by atoms with Gasteiger partial charge < -0.3 is 0 Å². The number of hydrogen-bond donors (Lipinski definition) is 0. The lowest BCUT2D eigenvalue weighted by Crippen LogP contribution is -2.15. The third kappa shape index (κ3) is 2.26. The van der Waals surface area contributed by atoms with Gasteiger partial charge in [-0.3, -0.25) is 14.5 Å². The molecule has 2 rings (SSSR count). The van der Waals surface area contributed by atoms with Gasteiger partial charge in [-0.2, -0.15) is 5.10 Å². The molecule has 2 aromatic rings. The van der Waals surface area contributed by atoms with Gasteiger partial charge in [-0.05, 0) is 26.0 Å². The van der Waals surface area contributed by atoms with Crippen LogP contribution in [-0.2, 0) is 0 Å². The van der Waals surface area contributed by atoms with E-state index in [1.807, 2.05) is 13.8 Å². The van der Waals surface area contributed by atoms with Crippen LogP contribution in [0.15, 0.2) is 24.5 Å². The largest absolute Gasteiger partial charge is 0.285 e. The van der Waals surface area contributed by atoms with Crippen molar-refractivity contribution in [2.75, 3.05) is 0 Å². The summed E-state index contributed by atoms with van der Waals surface area (Å²) in [5.74, 6) is -0.322. The van der Waals surface area contributed by atoms with Crippen LogP contribution in [0.4, 0.5) is 0 Å². The molecule has 0 radical (unpaired) electrons. The van der Waals surface area contributed by atoms with Crippen molar-refractivity contribution < 1.29 is 4.79 Å². The van der Waals surface area contributed by atoms with Gasteiger partial charge in [-0.25, -0.2) is 0 Å². The van der Waals surface area contributed by atoms with Crippen molar-refractivity contribution in [1.82, 2.24) is 14.8 Å². The molecule has 0 saturated carbocycles. The van der Waals surface area contributed by atoms with Crippen molar-refractivity contribution in [2.24, 2.45) is 0 Å². The standard InChI is InChI=1S/C12H11Cl2N3O/c1-7(2)17-11(9(14)6-16-17)12(18)10-8(13)4-3-5-15-10/h3-7H,1-2H3. The van der Waals surface area contributed by atoms with Crippen LogP contribution in [0.2, 0.25) is 10.0 Å². The Morgan fingerprint density at radius 1 is 1.33 bits per heavy atom. The van der Waals surface area contributed by atoms with E-state index in [0.717, 1.165) is 0 Å². The fourth-order valence-electron chi connectivity index (χ4n) is 1.61. The molecule has 6 heteroatoms. The Morgan fingerprint density at radius 3 is 2.67 bits per heavy atom. The van der Waals surface area contributed by atoms with Gasteiger partial charge in [0.2, 0.25) is 5.78 Å². The second-order valence-electron chi connectivity index (χ2n) is 4.04. The molecule has 0 bridgehead atoms. The van der Waals surface area contributed by atoms with E-state index >= 15 is 0 Å². The van der Waals surface area contributed by atoms with E-state index in [0.29, 0.717) is 15.7 Å². The van der Waals surface area contributed by atoms with Crippen molar-refractivity contribution in [3.8, 4) is 0 Å². The van der Waals surface area contributed by atoms with E-state index in [9.17, 15) is 4.79 Å². The third-order valence-electron chi connectivity index (χ3n) is 2.43. The summed E-state index contributed by atoms with van der Waals surface area (Å²) in [4.78, 5) is 16.4. The molecule has 94 valence electrons. The van der Waals surface area contributed by atoms with E-state index in [1.54, 1.807) is 16.8 Å². The number of rotatable bonds is 3. The van der Waals surface area contributed by atoms with Gasteiger partial charge in [-0.1, -0.05) is 23.2 Å². The topological polar surface area (TPSA) is 47.8 Å². The van der Waals surface area contributed by atoms with E-state index in [-0.39, 0.29) is 17.5 Å². The summed E-state index contributed by atoms with van der Waals surface area (Å²) in [7, 11) is 0. The van der Waals surface area contributed by atoms with E-state index in [4.69, 9.17) is 23.2 Å². The molecule has 2 heterocycles. The number of nitrogens with zero attached hydrogens (tertiary/aromatic N) is 3. The Balaban J connectivity index is 2.53. The van der Waals surface area contributed by atoms with Crippen molar-refractivity contribution in [3.63, 3.8) is 0 Å². The first kappa shape index (κ1) is 13.1. The molecule has 0 aliphatic carbocycles. The van der Waals surface area contributed by atoms with Crippen LogP contribution >= 0.6 is 23.2 Å². The minimum atomic E-state index is -0.322. The molecule has 18 heavy (non-hydrogen) atoms. The summed E-state index contributed by atoms with van der Waals surface area (Å²) >= 11 is 12.0. The Kier molecular flexibility index (Phi) is 3.68. The molecule has 0 aliphatic heterocycles. The summed E-state index contributed by atoms with van der Waals surface area (Å²) in [6, 6.07) is 3.31. The maximum Gasteiger partial charge on any atom is 0.232 e. The Labute approximate surface area is 115 Å². The summed E-state index contributed by atoms with van der Waals surface area (Å²) < 4.78 is 1.57. The molecule has 0 unspecified atom stereocenters. The van der Waals surface area contributed by atoms with Crippen LogP contribution in [0.1, 0.15) is 36.1 Å². The van der Waals surface area contributed by atoms with E-state index in [2.05, 4.69) is 10.1 Å². The highest BCUT2D eigenvalue weighted by Gasteiger charge is 2.23. The van der Waals surface area contributed by atoms with Crippen molar-refractivity contribution in [2.45, 2.75) is 19.9 Å². The SMILES string of the molecule is CC(C)n1ncc(Cl)c1C(=O)c1ncccc1Cl. The first-order chi connectivity index (χ1) is 8.52. The Morgan fingerprint density at radius 2 is 2.06 bits per heavy atom. The monoisotopic (exact) mass is 283 g/mol. The zero-order chi connectivity index (χ0) is 13.3. The number of aromatic nitrogens is 3. The number of pyridine rings is 1. The Hall–Kier alpha value is -1.39. The van der Waals surface area contributed by atoms with Gasteiger partial charge >= 0.3 is 0 Å². The first-order valence-corrected chi connectivity index (χ1v) is 6.16. The minimum Gasteiger partial charge on any atom is -0.285 e. The second kappa shape index (κ2) is 5.08. The highest BCUT2D eigenvalue weighted by Crippen LogP contribution is 2.24. The maximum absolute atomic E-state index is 12.4. The Bertz CT molecular complexity index is 593. The highest BCUT2D eigenvalue weighted by atomic mass is 35.5. The lowest BCUT2D eigenvalue weighted by Gasteiger charge is -2.10. The van der Waals surface area contributed by atoms with Gasteiger partial charge in [0.1, 0.15) is 11.4 Å². The maximum atomic E-state index is 12.4. The molecule has 0 amide bonds. The van der Waals surface area contributed by atoms with Crippen LogP contribution < -0.4 is 0 Å². The molecular weight excluding hydrogens is 273 g/mol. The number of halogens is 2. The zero-order valence-electron chi connectivity index (χ0n) is 9.89.